The van der Waals surface area contributed by atoms with Crippen molar-refractivity contribution in [3.63, 3.8) is 0 Å². The Morgan fingerprint density at radius 2 is 1.95 bits per heavy atom. The summed E-state index contributed by atoms with van der Waals surface area (Å²) in [5, 5.41) is 0.409. The lowest BCUT2D eigenvalue weighted by Crippen LogP contribution is -2.27. The smallest absolute Gasteiger partial charge is 0.391 e. The monoisotopic (exact) mass is 321 g/mol. The normalized spacial score (nSPS) is 23.1. The molecule has 1 fully saturated rings. The molecule has 21 heavy (non-hydrogen) atoms. The maximum Gasteiger partial charge on any atom is 0.391 e. The first kappa shape index (κ1) is 16.4. The van der Waals surface area contributed by atoms with E-state index in [1.807, 2.05) is 0 Å². The number of methoxy groups -OCH3 is 1. The van der Waals surface area contributed by atoms with E-state index < -0.39 is 12.1 Å². The van der Waals surface area contributed by atoms with Crippen LogP contribution in [0.3, 0.4) is 0 Å². The molecule has 0 bridgehead atoms. The van der Waals surface area contributed by atoms with Crippen molar-refractivity contribution < 1.29 is 17.9 Å². The van der Waals surface area contributed by atoms with Crippen molar-refractivity contribution in [3.8, 4) is 5.75 Å². The van der Waals surface area contributed by atoms with E-state index in [0.29, 0.717) is 29.7 Å². The number of hydrogen-bond donors (Lipinski definition) is 0. The molecule has 0 N–H and O–H groups in total. The van der Waals surface area contributed by atoms with Crippen LogP contribution in [-0.2, 0) is 6.42 Å². The van der Waals surface area contributed by atoms with E-state index >= 15 is 0 Å². The van der Waals surface area contributed by atoms with Crippen LogP contribution in [0.25, 0.3) is 0 Å². The molecule has 6 heteroatoms. The predicted octanol–water partition coefficient (Wildman–Crippen LogP) is 5.04. The topological polar surface area (TPSA) is 22.1 Å². The zero-order chi connectivity index (χ0) is 15.5. The van der Waals surface area contributed by atoms with Gasteiger partial charge < -0.3 is 4.74 Å². The van der Waals surface area contributed by atoms with E-state index in [9.17, 15) is 13.2 Å². The van der Waals surface area contributed by atoms with Crippen LogP contribution in [-0.4, -0.2) is 18.3 Å². The van der Waals surface area contributed by atoms with Crippen molar-refractivity contribution in [2.75, 3.05) is 7.11 Å². The highest BCUT2D eigenvalue weighted by atomic mass is 35.5. The minimum Gasteiger partial charge on any atom is -0.495 e. The van der Waals surface area contributed by atoms with Gasteiger partial charge in [-0.25, -0.2) is 4.98 Å². The Hall–Kier alpha value is -0.970. The fourth-order valence-electron chi connectivity index (χ4n) is 2.97. The number of pyridine rings is 1. The van der Waals surface area contributed by atoms with Gasteiger partial charge in [0.1, 0.15) is 10.9 Å². The third-order valence-electron chi connectivity index (χ3n) is 4.27. The molecule has 1 aromatic heterocycles. The van der Waals surface area contributed by atoms with Gasteiger partial charge in [-0.1, -0.05) is 11.6 Å². The Kier molecular flexibility index (Phi) is 5.36. The van der Waals surface area contributed by atoms with Crippen LogP contribution in [0.4, 0.5) is 13.2 Å². The third kappa shape index (κ3) is 4.50. The van der Waals surface area contributed by atoms with Crippen molar-refractivity contribution in [3.05, 3.63) is 23.0 Å². The molecule has 1 aliphatic rings. The van der Waals surface area contributed by atoms with Crippen molar-refractivity contribution in [1.82, 2.24) is 4.98 Å². The summed E-state index contributed by atoms with van der Waals surface area (Å²) in [7, 11) is 1.57. The fourth-order valence-corrected chi connectivity index (χ4v) is 3.15. The second-order valence-electron chi connectivity index (χ2n) is 5.62. The van der Waals surface area contributed by atoms with Gasteiger partial charge in [0.25, 0.3) is 0 Å². The number of nitrogens with zero attached hydrogens (tertiary/aromatic N) is 1. The first-order valence-corrected chi connectivity index (χ1v) is 7.53. The van der Waals surface area contributed by atoms with Crippen LogP contribution in [0, 0.1) is 11.8 Å². The van der Waals surface area contributed by atoms with E-state index in [-0.39, 0.29) is 12.8 Å². The molecular formula is C15H19ClF3NO. The molecule has 0 spiro atoms. The minimum absolute atomic E-state index is 0.252. The van der Waals surface area contributed by atoms with Gasteiger partial charge in [-0.3, -0.25) is 0 Å². The molecule has 0 aliphatic heterocycles. The fraction of sp³-hybridized carbons (Fsp3) is 0.667. The highest BCUT2D eigenvalue weighted by molar-refractivity contribution is 6.29. The minimum atomic E-state index is -4.03. The Balaban J connectivity index is 1.86. The molecule has 0 amide bonds. The first-order valence-electron chi connectivity index (χ1n) is 7.15. The van der Waals surface area contributed by atoms with Gasteiger partial charge in [0, 0.05) is 0 Å². The van der Waals surface area contributed by atoms with Crippen LogP contribution in [0.1, 0.15) is 37.7 Å². The third-order valence-corrected chi connectivity index (χ3v) is 4.47. The average molecular weight is 322 g/mol. The second kappa shape index (κ2) is 6.86. The number of halogens is 4. The molecule has 1 heterocycles. The van der Waals surface area contributed by atoms with Crippen LogP contribution in [0.15, 0.2) is 12.3 Å². The Morgan fingerprint density at radius 3 is 2.52 bits per heavy atom. The molecule has 0 atom stereocenters. The molecule has 1 saturated carbocycles. The van der Waals surface area contributed by atoms with Crippen molar-refractivity contribution in [1.29, 1.82) is 0 Å². The molecule has 0 saturated heterocycles. The number of rotatable bonds is 4. The van der Waals surface area contributed by atoms with Crippen LogP contribution < -0.4 is 4.74 Å². The van der Waals surface area contributed by atoms with E-state index in [4.69, 9.17) is 16.3 Å². The average Bonchev–Trinajstić information content (AvgIpc) is 2.45. The molecule has 1 aromatic rings. The summed E-state index contributed by atoms with van der Waals surface area (Å²) >= 11 is 5.87. The maximum absolute atomic E-state index is 12.6. The van der Waals surface area contributed by atoms with Crippen LogP contribution in [0.2, 0.25) is 5.15 Å². The number of aryl methyl sites for hydroxylation is 1. The van der Waals surface area contributed by atoms with Crippen molar-refractivity contribution in [2.45, 2.75) is 44.7 Å². The summed E-state index contributed by atoms with van der Waals surface area (Å²) in [5.41, 5.74) is 0.968. The van der Waals surface area contributed by atoms with Gasteiger partial charge in [0.15, 0.2) is 0 Å². The first-order chi connectivity index (χ1) is 9.90. The Morgan fingerprint density at radius 1 is 1.29 bits per heavy atom. The van der Waals surface area contributed by atoms with Crippen molar-refractivity contribution in [2.24, 2.45) is 11.8 Å². The predicted molar refractivity (Wildman–Crippen MR) is 75.6 cm³/mol. The van der Waals surface area contributed by atoms with E-state index in [2.05, 4.69) is 4.98 Å². The molecule has 1 aliphatic carbocycles. The number of ether oxygens (including phenoxy) is 1. The Labute approximate surface area is 127 Å². The van der Waals surface area contributed by atoms with Crippen molar-refractivity contribution >= 4 is 11.6 Å². The summed E-state index contributed by atoms with van der Waals surface area (Å²) in [5.74, 6) is -0.0812. The summed E-state index contributed by atoms with van der Waals surface area (Å²) in [4.78, 5) is 3.96. The number of aromatic nitrogens is 1. The van der Waals surface area contributed by atoms with E-state index in [1.54, 1.807) is 19.4 Å². The number of hydrogen-bond acceptors (Lipinski definition) is 2. The second-order valence-corrected chi connectivity index (χ2v) is 6.00. The lowest BCUT2D eigenvalue weighted by Gasteiger charge is -2.29. The zero-order valence-electron chi connectivity index (χ0n) is 11.9. The zero-order valence-corrected chi connectivity index (χ0v) is 12.7. The summed E-state index contributed by atoms with van der Waals surface area (Å²) in [6.07, 6.45) is 0.959. The molecular weight excluding hydrogens is 303 g/mol. The van der Waals surface area contributed by atoms with Crippen LogP contribution >= 0.6 is 11.6 Å². The highest BCUT2D eigenvalue weighted by Gasteiger charge is 2.41. The molecule has 2 rings (SSSR count). The lowest BCUT2D eigenvalue weighted by molar-refractivity contribution is -0.184. The van der Waals surface area contributed by atoms with Gasteiger partial charge in [-0.05, 0) is 56.1 Å². The van der Waals surface area contributed by atoms with Gasteiger partial charge >= 0.3 is 6.18 Å². The van der Waals surface area contributed by atoms with Gasteiger partial charge in [0.05, 0.1) is 19.2 Å². The molecule has 0 aromatic carbocycles. The molecule has 118 valence electrons. The molecule has 0 unspecified atom stereocenters. The van der Waals surface area contributed by atoms with Gasteiger partial charge in [-0.2, -0.15) is 13.2 Å². The maximum atomic E-state index is 12.6. The quantitative estimate of drug-likeness (QED) is 0.724. The number of alkyl halides is 3. The molecule has 2 nitrogen and oxygen atoms in total. The highest BCUT2D eigenvalue weighted by Crippen LogP contribution is 2.40. The van der Waals surface area contributed by atoms with E-state index in [1.165, 1.54) is 0 Å². The Bertz CT molecular complexity index is 470. The van der Waals surface area contributed by atoms with E-state index in [0.717, 1.165) is 18.4 Å². The SMILES string of the molecule is COc1cnc(Cl)cc1CCC1CCC(C(F)(F)F)CC1. The van der Waals surface area contributed by atoms with Crippen LogP contribution in [0.5, 0.6) is 5.75 Å². The standard InChI is InChI=1S/C15H19ClF3NO/c1-21-13-9-20-14(16)8-11(13)5-2-10-3-6-12(7-4-10)15(17,18)19/h8-10,12H,2-7H2,1H3. The summed E-state index contributed by atoms with van der Waals surface area (Å²) in [6.45, 7) is 0. The van der Waals surface area contributed by atoms with Gasteiger partial charge in [0.2, 0.25) is 0 Å². The lowest BCUT2D eigenvalue weighted by atomic mass is 9.79. The summed E-state index contributed by atoms with van der Waals surface area (Å²) < 4.78 is 43.1. The summed E-state index contributed by atoms with van der Waals surface area (Å²) in [6, 6.07) is 1.77. The largest absolute Gasteiger partial charge is 0.495 e. The molecule has 0 radical (unpaired) electrons. The van der Waals surface area contributed by atoms with Gasteiger partial charge in [-0.15, -0.1) is 0 Å².